The maximum absolute atomic E-state index is 11.7. The van der Waals surface area contributed by atoms with Crippen molar-refractivity contribution in [1.82, 2.24) is 9.97 Å². The summed E-state index contributed by atoms with van der Waals surface area (Å²) in [5.41, 5.74) is 2.35. The van der Waals surface area contributed by atoms with Crippen LogP contribution in [-0.2, 0) is 0 Å². The van der Waals surface area contributed by atoms with Crippen molar-refractivity contribution in [2.75, 3.05) is 0 Å². The molecule has 2 heterocycles. The Kier molecular flexibility index (Phi) is 3.66. The molecule has 0 aliphatic rings. The lowest BCUT2D eigenvalue weighted by atomic mass is 10.0. The van der Waals surface area contributed by atoms with E-state index in [2.05, 4.69) is 9.97 Å². The molecule has 2 N–H and O–H groups in total. The van der Waals surface area contributed by atoms with Crippen LogP contribution in [0.5, 0.6) is 5.75 Å². The van der Waals surface area contributed by atoms with E-state index in [1.165, 1.54) is 17.5 Å². The van der Waals surface area contributed by atoms with Gasteiger partial charge in [0.15, 0.2) is 0 Å². The van der Waals surface area contributed by atoms with Crippen LogP contribution >= 0.6 is 11.3 Å². The van der Waals surface area contributed by atoms with E-state index in [1.54, 1.807) is 6.07 Å². The van der Waals surface area contributed by atoms with Gasteiger partial charge in [0.05, 0.1) is 17.4 Å². The Bertz CT molecular complexity index is 1080. The summed E-state index contributed by atoms with van der Waals surface area (Å²) in [6.45, 7) is 0. The molecule has 0 saturated carbocycles. The van der Waals surface area contributed by atoms with Gasteiger partial charge in [-0.1, -0.05) is 36.4 Å². The Morgan fingerprint density at radius 3 is 2.56 bits per heavy atom. The SMILES string of the molecule is O=C(O)c1c(O)c(-c2cccs2)cc2nc(-c3ccccc3)cnc12. The fraction of sp³-hybridized carbons (Fsp3) is 0. The normalized spacial score (nSPS) is 10.9. The molecule has 0 bridgehead atoms. The predicted octanol–water partition coefficient (Wildman–Crippen LogP) is 4.43. The van der Waals surface area contributed by atoms with Crippen LogP contribution in [0.25, 0.3) is 32.7 Å². The third-order valence-corrected chi connectivity index (χ3v) is 4.78. The molecule has 0 aliphatic carbocycles. The highest BCUT2D eigenvalue weighted by Gasteiger charge is 2.22. The first-order valence-corrected chi connectivity index (χ1v) is 8.38. The van der Waals surface area contributed by atoms with E-state index in [4.69, 9.17) is 0 Å². The number of hydrogen-bond donors (Lipinski definition) is 2. The number of carboxylic acid groups (broad SMARTS) is 1. The summed E-state index contributed by atoms with van der Waals surface area (Å²) < 4.78 is 0. The molecule has 4 aromatic rings. The van der Waals surface area contributed by atoms with Gasteiger partial charge in [0.2, 0.25) is 0 Å². The fourth-order valence-corrected chi connectivity index (χ4v) is 3.46. The zero-order valence-electron chi connectivity index (χ0n) is 12.9. The minimum atomic E-state index is -1.23. The highest BCUT2D eigenvalue weighted by Crippen LogP contribution is 2.39. The number of aromatic carboxylic acids is 1. The number of nitrogens with zero attached hydrogens (tertiary/aromatic N) is 2. The van der Waals surface area contributed by atoms with Crippen LogP contribution < -0.4 is 0 Å². The standard InChI is InChI=1S/C19H12N2O3S/c22-18-12(15-7-4-8-25-15)9-13-17(16(18)19(23)24)20-10-14(21-13)11-5-2-1-3-6-11/h1-10,22H,(H,23,24). The first kappa shape index (κ1) is 15.3. The van der Waals surface area contributed by atoms with E-state index in [1.807, 2.05) is 47.8 Å². The summed E-state index contributed by atoms with van der Waals surface area (Å²) in [4.78, 5) is 21.3. The molecule has 6 heteroatoms. The average molecular weight is 348 g/mol. The van der Waals surface area contributed by atoms with Crippen molar-refractivity contribution in [2.45, 2.75) is 0 Å². The van der Waals surface area contributed by atoms with E-state index in [0.29, 0.717) is 16.8 Å². The van der Waals surface area contributed by atoms with Gasteiger partial charge in [0.25, 0.3) is 0 Å². The van der Waals surface area contributed by atoms with Crippen molar-refractivity contribution in [2.24, 2.45) is 0 Å². The number of aromatic nitrogens is 2. The van der Waals surface area contributed by atoms with Gasteiger partial charge >= 0.3 is 5.97 Å². The summed E-state index contributed by atoms with van der Waals surface area (Å²) in [5.74, 6) is -1.52. The quantitative estimate of drug-likeness (QED) is 0.572. The third-order valence-electron chi connectivity index (χ3n) is 3.88. The minimum Gasteiger partial charge on any atom is -0.506 e. The van der Waals surface area contributed by atoms with Crippen molar-refractivity contribution in [1.29, 1.82) is 0 Å². The van der Waals surface area contributed by atoms with Crippen LogP contribution in [-0.4, -0.2) is 26.2 Å². The summed E-state index contributed by atoms with van der Waals surface area (Å²) in [7, 11) is 0. The maximum Gasteiger partial charge on any atom is 0.341 e. The van der Waals surface area contributed by atoms with Gasteiger partial charge in [0.1, 0.15) is 16.8 Å². The van der Waals surface area contributed by atoms with Crippen LogP contribution in [0.1, 0.15) is 10.4 Å². The average Bonchev–Trinajstić information content (AvgIpc) is 3.15. The molecule has 25 heavy (non-hydrogen) atoms. The predicted molar refractivity (Wildman–Crippen MR) is 96.9 cm³/mol. The molecule has 2 aromatic carbocycles. The highest BCUT2D eigenvalue weighted by atomic mass is 32.1. The molecule has 122 valence electrons. The first-order valence-electron chi connectivity index (χ1n) is 7.50. The first-order chi connectivity index (χ1) is 12.1. The number of aromatic hydroxyl groups is 1. The van der Waals surface area contributed by atoms with Crippen molar-refractivity contribution in [3.63, 3.8) is 0 Å². The van der Waals surface area contributed by atoms with Crippen molar-refractivity contribution >= 4 is 28.3 Å². The molecule has 0 aliphatic heterocycles. The zero-order chi connectivity index (χ0) is 17.4. The summed E-state index contributed by atoms with van der Waals surface area (Å²) >= 11 is 1.42. The van der Waals surface area contributed by atoms with Gasteiger partial charge in [0, 0.05) is 16.0 Å². The lowest BCUT2D eigenvalue weighted by Gasteiger charge is -2.10. The monoisotopic (exact) mass is 348 g/mol. The van der Waals surface area contributed by atoms with Crippen LogP contribution in [0.3, 0.4) is 0 Å². The van der Waals surface area contributed by atoms with Crippen LogP contribution in [0.2, 0.25) is 0 Å². The molecule has 5 nitrogen and oxygen atoms in total. The van der Waals surface area contributed by atoms with Crippen molar-refractivity contribution in [3.05, 3.63) is 65.7 Å². The van der Waals surface area contributed by atoms with E-state index in [-0.39, 0.29) is 16.8 Å². The Labute approximate surface area is 146 Å². The van der Waals surface area contributed by atoms with E-state index >= 15 is 0 Å². The number of fused-ring (bicyclic) bond motifs is 1. The number of thiophene rings is 1. The van der Waals surface area contributed by atoms with Crippen LogP contribution in [0.4, 0.5) is 0 Å². The van der Waals surface area contributed by atoms with Gasteiger partial charge in [-0.15, -0.1) is 11.3 Å². The molecule has 0 saturated heterocycles. The van der Waals surface area contributed by atoms with Crippen LogP contribution in [0, 0.1) is 0 Å². The van der Waals surface area contributed by atoms with E-state index in [9.17, 15) is 15.0 Å². The number of carboxylic acids is 1. The van der Waals surface area contributed by atoms with E-state index in [0.717, 1.165) is 10.4 Å². The highest BCUT2D eigenvalue weighted by molar-refractivity contribution is 7.13. The number of phenols is 1. The molecular weight excluding hydrogens is 336 g/mol. The fourth-order valence-electron chi connectivity index (χ4n) is 2.72. The zero-order valence-corrected chi connectivity index (χ0v) is 13.7. The Balaban J connectivity index is 2.02. The van der Waals surface area contributed by atoms with E-state index < -0.39 is 5.97 Å². The summed E-state index contributed by atoms with van der Waals surface area (Å²) in [5, 5.41) is 21.9. The Morgan fingerprint density at radius 2 is 1.88 bits per heavy atom. The van der Waals surface area contributed by atoms with Gasteiger partial charge in [-0.05, 0) is 17.5 Å². The Morgan fingerprint density at radius 1 is 1.08 bits per heavy atom. The van der Waals surface area contributed by atoms with Crippen LogP contribution in [0.15, 0.2) is 60.1 Å². The number of benzene rings is 2. The number of rotatable bonds is 3. The minimum absolute atomic E-state index is 0.171. The second-order valence-electron chi connectivity index (χ2n) is 5.42. The number of hydrogen-bond acceptors (Lipinski definition) is 5. The lowest BCUT2D eigenvalue weighted by molar-refractivity contribution is 0.0696. The topological polar surface area (TPSA) is 83.3 Å². The maximum atomic E-state index is 11.7. The third kappa shape index (κ3) is 2.62. The number of carbonyl (C=O) groups is 1. The molecule has 0 atom stereocenters. The molecule has 0 unspecified atom stereocenters. The molecule has 0 fully saturated rings. The largest absolute Gasteiger partial charge is 0.506 e. The molecule has 2 aromatic heterocycles. The molecule has 0 radical (unpaired) electrons. The molecule has 4 rings (SSSR count). The smallest absolute Gasteiger partial charge is 0.341 e. The van der Waals surface area contributed by atoms with Gasteiger partial charge in [-0.2, -0.15) is 0 Å². The van der Waals surface area contributed by atoms with Crippen molar-refractivity contribution < 1.29 is 15.0 Å². The second kappa shape index (κ2) is 5.99. The summed E-state index contributed by atoms with van der Waals surface area (Å²) in [6.07, 6.45) is 1.52. The Hall–Kier alpha value is -3.25. The second-order valence-corrected chi connectivity index (χ2v) is 6.37. The van der Waals surface area contributed by atoms with Gasteiger partial charge < -0.3 is 10.2 Å². The lowest BCUT2D eigenvalue weighted by Crippen LogP contribution is -2.02. The van der Waals surface area contributed by atoms with Crippen molar-refractivity contribution in [3.8, 4) is 27.4 Å². The molecule has 0 amide bonds. The molecular formula is C19H12N2O3S. The van der Waals surface area contributed by atoms with Gasteiger partial charge in [-0.3, -0.25) is 4.98 Å². The van der Waals surface area contributed by atoms with Gasteiger partial charge in [-0.25, -0.2) is 9.78 Å². The molecule has 0 spiro atoms. The summed E-state index contributed by atoms with van der Waals surface area (Å²) in [6, 6.07) is 14.9.